The van der Waals surface area contributed by atoms with E-state index in [9.17, 15) is 0 Å². The topological polar surface area (TPSA) is 25.4 Å². The zero-order chi connectivity index (χ0) is 17.6. The average molecular weight is 353 g/mol. The number of aromatic nitrogens is 1. The molecule has 3 nitrogen and oxygen atoms in total. The Kier molecular flexibility index (Phi) is 4.14. The predicted molar refractivity (Wildman–Crippen MR) is 104 cm³/mol. The van der Waals surface area contributed by atoms with Gasteiger partial charge in [-0.1, -0.05) is 42.0 Å². The van der Waals surface area contributed by atoms with Crippen molar-refractivity contribution in [2.75, 3.05) is 0 Å². The molecule has 0 aliphatic carbocycles. The summed E-state index contributed by atoms with van der Waals surface area (Å²) in [6, 6.07) is 17.2. The maximum atomic E-state index is 6.41. The summed E-state index contributed by atoms with van der Waals surface area (Å²) in [5.41, 5.74) is 3.51. The van der Waals surface area contributed by atoms with Crippen LogP contribution < -0.4 is 0 Å². The van der Waals surface area contributed by atoms with E-state index in [4.69, 9.17) is 9.82 Å². The van der Waals surface area contributed by atoms with Crippen LogP contribution in [0.15, 0.2) is 48.5 Å². The van der Waals surface area contributed by atoms with Gasteiger partial charge in [-0.3, -0.25) is 4.84 Å². The molecule has 4 heteroatoms. The van der Waals surface area contributed by atoms with Crippen molar-refractivity contribution in [1.82, 2.24) is 10.0 Å². The fraction of sp³-hybridized carbons (Fsp3) is 0.381. The third-order valence-electron chi connectivity index (χ3n) is 4.67. The molecule has 4 rings (SSSR count). The van der Waals surface area contributed by atoms with Crippen LogP contribution in [0.5, 0.6) is 0 Å². The molecule has 1 fully saturated rings. The maximum Gasteiger partial charge on any atom is 0.114 e. The van der Waals surface area contributed by atoms with E-state index in [0.29, 0.717) is 0 Å². The molecular weight excluding hydrogens is 328 g/mol. The van der Waals surface area contributed by atoms with Crippen molar-refractivity contribution in [2.24, 2.45) is 0 Å². The highest BCUT2D eigenvalue weighted by Gasteiger charge is 2.42. The van der Waals surface area contributed by atoms with Crippen molar-refractivity contribution in [2.45, 2.75) is 51.8 Å². The first kappa shape index (κ1) is 16.7. The van der Waals surface area contributed by atoms with Gasteiger partial charge in [-0.15, -0.1) is 11.3 Å². The second kappa shape index (κ2) is 6.20. The SMILES string of the molecule is Cc1ccc([C@H]2C[C@@H](c3nc4ccccc4s3)N(C(C)(C)C)O2)cc1. The van der Waals surface area contributed by atoms with Gasteiger partial charge in [0.15, 0.2) is 0 Å². The summed E-state index contributed by atoms with van der Waals surface area (Å²) in [6.45, 7) is 8.71. The van der Waals surface area contributed by atoms with Gasteiger partial charge in [-0.05, 0) is 45.4 Å². The minimum Gasteiger partial charge on any atom is -0.290 e. The van der Waals surface area contributed by atoms with Crippen molar-refractivity contribution in [3.8, 4) is 0 Å². The minimum atomic E-state index is -0.0814. The van der Waals surface area contributed by atoms with Gasteiger partial charge in [0.1, 0.15) is 11.1 Å². The lowest BCUT2D eigenvalue weighted by Crippen LogP contribution is -2.39. The summed E-state index contributed by atoms with van der Waals surface area (Å²) in [5, 5.41) is 3.29. The summed E-state index contributed by atoms with van der Waals surface area (Å²) in [4.78, 5) is 11.3. The molecule has 1 aliphatic rings. The first-order chi connectivity index (χ1) is 11.9. The fourth-order valence-corrected chi connectivity index (χ4v) is 4.45. The summed E-state index contributed by atoms with van der Waals surface area (Å²) >= 11 is 1.78. The number of nitrogens with zero attached hydrogens (tertiary/aromatic N) is 2. The Morgan fingerprint density at radius 2 is 1.80 bits per heavy atom. The lowest BCUT2D eigenvalue weighted by Gasteiger charge is -2.34. The monoisotopic (exact) mass is 352 g/mol. The van der Waals surface area contributed by atoms with Crippen molar-refractivity contribution in [3.63, 3.8) is 0 Å². The summed E-state index contributed by atoms with van der Waals surface area (Å²) < 4.78 is 1.24. The molecule has 0 amide bonds. The van der Waals surface area contributed by atoms with E-state index in [1.165, 1.54) is 15.8 Å². The van der Waals surface area contributed by atoms with Gasteiger partial charge < -0.3 is 0 Å². The molecule has 1 aliphatic heterocycles. The van der Waals surface area contributed by atoms with Gasteiger partial charge >= 0.3 is 0 Å². The Morgan fingerprint density at radius 3 is 2.48 bits per heavy atom. The Morgan fingerprint density at radius 1 is 1.08 bits per heavy atom. The summed E-state index contributed by atoms with van der Waals surface area (Å²) in [6.07, 6.45) is 1.01. The highest BCUT2D eigenvalue weighted by molar-refractivity contribution is 7.18. The second-order valence-electron chi connectivity index (χ2n) is 7.77. The third kappa shape index (κ3) is 3.22. The molecule has 2 heterocycles. The minimum absolute atomic E-state index is 0.0804. The molecule has 130 valence electrons. The number of hydroxylamine groups is 2. The van der Waals surface area contributed by atoms with Crippen LogP contribution in [0.1, 0.15) is 55.5 Å². The first-order valence-electron chi connectivity index (χ1n) is 8.80. The van der Waals surface area contributed by atoms with E-state index in [0.717, 1.165) is 16.9 Å². The number of thiazole rings is 1. The maximum absolute atomic E-state index is 6.41. The normalized spacial score (nSPS) is 21.9. The Bertz CT molecular complexity index is 846. The quantitative estimate of drug-likeness (QED) is 0.581. The van der Waals surface area contributed by atoms with Crippen molar-refractivity contribution >= 4 is 21.6 Å². The number of fused-ring (bicyclic) bond motifs is 1. The van der Waals surface area contributed by atoms with Crippen LogP contribution in [0.2, 0.25) is 0 Å². The van der Waals surface area contributed by atoms with Crippen molar-refractivity contribution < 1.29 is 4.84 Å². The molecule has 0 N–H and O–H groups in total. The molecule has 2 atom stereocenters. The molecule has 0 spiro atoms. The lowest BCUT2D eigenvalue weighted by molar-refractivity contribution is -0.215. The molecule has 0 saturated carbocycles. The van der Waals surface area contributed by atoms with Gasteiger partial charge in [-0.25, -0.2) is 4.98 Å². The largest absolute Gasteiger partial charge is 0.290 e. The zero-order valence-corrected chi connectivity index (χ0v) is 16.0. The van der Waals surface area contributed by atoms with Crippen LogP contribution in [0, 0.1) is 6.92 Å². The highest BCUT2D eigenvalue weighted by Crippen LogP contribution is 2.46. The van der Waals surface area contributed by atoms with Crippen LogP contribution in [0.3, 0.4) is 0 Å². The molecule has 0 unspecified atom stereocenters. The van der Waals surface area contributed by atoms with Gasteiger partial charge in [0.25, 0.3) is 0 Å². The third-order valence-corrected chi connectivity index (χ3v) is 5.80. The van der Waals surface area contributed by atoms with E-state index in [1.807, 2.05) is 6.07 Å². The Hall–Kier alpha value is -1.75. The Labute approximate surface area is 153 Å². The van der Waals surface area contributed by atoms with E-state index in [-0.39, 0.29) is 17.7 Å². The smallest absolute Gasteiger partial charge is 0.114 e. The van der Waals surface area contributed by atoms with Crippen molar-refractivity contribution in [3.05, 3.63) is 64.7 Å². The summed E-state index contributed by atoms with van der Waals surface area (Å²) in [5.74, 6) is 0. The van der Waals surface area contributed by atoms with Crippen molar-refractivity contribution in [1.29, 1.82) is 0 Å². The molecule has 0 bridgehead atoms. The number of rotatable bonds is 2. The van der Waals surface area contributed by atoms with Crippen LogP contribution >= 0.6 is 11.3 Å². The second-order valence-corrected chi connectivity index (χ2v) is 8.83. The number of aryl methyl sites for hydroxylation is 1. The van der Waals surface area contributed by atoms with Gasteiger partial charge in [0, 0.05) is 12.0 Å². The lowest BCUT2D eigenvalue weighted by atomic mass is 10.0. The molecule has 3 aromatic rings. The van der Waals surface area contributed by atoms with Crippen LogP contribution in [-0.2, 0) is 4.84 Å². The molecule has 2 aromatic carbocycles. The van der Waals surface area contributed by atoms with Gasteiger partial charge in [-0.2, -0.15) is 5.06 Å². The summed E-state index contributed by atoms with van der Waals surface area (Å²) in [7, 11) is 0. The number of hydrogen-bond acceptors (Lipinski definition) is 4. The van der Waals surface area contributed by atoms with Crippen LogP contribution in [0.4, 0.5) is 0 Å². The van der Waals surface area contributed by atoms with E-state index in [1.54, 1.807) is 11.3 Å². The molecular formula is C21H24N2OS. The standard InChI is InChI=1S/C21H24N2OS/c1-14-9-11-15(12-10-14)18-13-17(23(24-18)21(2,3)4)20-22-16-7-5-6-8-19(16)25-20/h5-12,17-18H,13H2,1-4H3/t17-,18+/m0/s1. The number of benzene rings is 2. The van der Waals surface area contributed by atoms with E-state index < -0.39 is 0 Å². The Balaban J connectivity index is 1.70. The van der Waals surface area contributed by atoms with Gasteiger partial charge in [0.05, 0.1) is 16.3 Å². The highest BCUT2D eigenvalue weighted by atomic mass is 32.1. The predicted octanol–water partition coefficient (Wildman–Crippen LogP) is 5.82. The molecule has 25 heavy (non-hydrogen) atoms. The first-order valence-corrected chi connectivity index (χ1v) is 9.61. The van der Waals surface area contributed by atoms with Gasteiger partial charge in [0.2, 0.25) is 0 Å². The number of para-hydroxylation sites is 1. The molecule has 1 saturated heterocycles. The average Bonchev–Trinajstić information content (AvgIpc) is 3.19. The van der Waals surface area contributed by atoms with E-state index >= 15 is 0 Å². The molecule has 1 aromatic heterocycles. The fourth-order valence-electron chi connectivity index (χ4n) is 3.39. The number of hydrogen-bond donors (Lipinski definition) is 0. The zero-order valence-electron chi connectivity index (χ0n) is 15.2. The van der Waals surface area contributed by atoms with E-state index in [2.05, 4.69) is 75.2 Å². The molecule has 0 radical (unpaired) electrons. The van der Waals surface area contributed by atoms with Crippen LogP contribution in [0.25, 0.3) is 10.2 Å². The van der Waals surface area contributed by atoms with Crippen LogP contribution in [-0.4, -0.2) is 15.6 Å².